The van der Waals surface area contributed by atoms with Crippen molar-refractivity contribution in [2.24, 2.45) is 5.73 Å². The first kappa shape index (κ1) is 17.3. The van der Waals surface area contributed by atoms with Crippen molar-refractivity contribution in [1.82, 2.24) is 0 Å². The SMILES string of the molecule is CCCCCCC(C)Nc1ccc(OCCC(N)=O)cc1. The number of rotatable bonds is 11. The minimum absolute atomic E-state index is 0.245. The van der Waals surface area contributed by atoms with Gasteiger partial charge in [0.05, 0.1) is 13.0 Å². The number of nitrogens with two attached hydrogens (primary N) is 1. The van der Waals surface area contributed by atoms with E-state index in [1.54, 1.807) is 0 Å². The Morgan fingerprint density at radius 1 is 1.24 bits per heavy atom. The van der Waals surface area contributed by atoms with Gasteiger partial charge in [-0.3, -0.25) is 4.79 Å². The Kier molecular flexibility index (Phi) is 8.32. The molecular weight excluding hydrogens is 264 g/mol. The summed E-state index contributed by atoms with van der Waals surface area (Å²) < 4.78 is 5.44. The van der Waals surface area contributed by atoms with Crippen LogP contribution in [0.1, 0.15) is 52.4 Å². The van der Waals surface area contributed by atoms with Crippen LogP contribution in [0, 0.1) is 0 Å². The lowest BCUT2D eigenvalue weighted by Gasteiger charge is -2.15. The first-order valence-corrected chi connectivity index (χ1v) is 7.89. The van der Waals surface area contributed by atoms with Crippen LogP contribution in [0.2, 0.25) is 0 Å². The molecule has 1 rings (SSSR count). The lowest BCUT2D eigenvalue weighted by Crippen LogP contribution is -2.15. The zero-order chi connectivity index (χ0) is 15.5. The van der Waals surface area contributed by atoms with Gasteiger partial charge in [0.2, 0.25) is 5.91 Å². The standard InChI is InChI=1S/C17H28N2O2/c1-3-4-5-6-7-14(2)19-15-8-10-16(11-9-15)21-13-12-17(18)20/h8-11,14,19H,3-7,12-13H2,1-2H3,(H2,18,20). The summed E-state index contributed by atoms with van der Waals surface area (Å²) >= 11 is 0. The van der Waals surface area contributed by atoms with E-state index in [0.717, 1.165) is 11.4 Å². The van der Waals surface area contributed by atoms with E-state index in [1.807, 2.05) is 24.3 Å². The number of unbranched alkanes of at least 4 members (excludes halogenated alkanes) is 3. The lowest BCUT2D eigenvalue weighted by atomic mass is 10.1. The lowest BCUT2D eigenvalue weighted by molar-refractivity contribution is -0.118. The highest BCUT2D eigenvalue weighted by molar-refractivity contribution is 5.73. The Morgan fingerprint density at radius 2 is 1.95 bits per heavy atom. The summed E-state index contributed by atoms with van der Waals surface area (Å²) in [6.07, 6.45) is 6.63. The molecule has 1 aromatic rings. The van der Waals surface area contributed by atoms with Crippen LogP contribution in [0.15, 0.2) is 24.3 Å². The fraction of sp³-hybridized carbons (Fsp3) is 0.588. The van der Waals surface area contributed by atoms with Gasteiger partial charge in [0.1, 0.15) is 5.75 Å². The second-order valence-electron chi connectivity index (χ2n) is 5.48. The molecule has 0 radical (unpaired) electrons. The third-order valence-electron chi connectivity index (χ3n) is 3.38. The summed E-state index contributed by atoms with van der Waals surface area (Å²) in [4.78, 5) is 10.6. The maximum atomic E-state index is 10.6. The fourth-order valence-electron chi connectivity index (χ4n) is 2.15. The van der Waals surface area contributed by atoms with Crippen LogP contribution in [-0.2, 0) is 4.79 Å². The predicted octanol–water partition coefficient (Wildman–Crippen LogP) is 3.71. The maximum Gasteiger partial charge on any atom is 0.220 e. The maximum absolute atomic E-state index is 10.6. The average Bonchev–Trinajstić information content (AvgIpc) is 2.45. The monoisotopic (exact) mass is 292 g/mol. The van der Waals surface area contributed by atoms with Gasteiger partial charge in [-0.2, -0.15) is 0 Å². The van der Waals surface area contributed by atoms with Crippen LogP contribution < -0.4 is 15.8 Å². The van der Waals surface area contributed by atoms with Gasteiger partial charge in [-0.05, 0) is 37.6 Å². The molecule has 0 fully saturated rings. The first-order chi connectivity index (χ1) is 10.1. The van der Waals surface area contributed by atoms with Crippen molar-refractivity contribution in [3.63, 3.8) is 0 Å². The summed E-state index contributed by atoms with van der Waals surface area (Å²) in [7, 11) is 0. The zero-order valence-electron chi connectivity index (χ0n) is 13.2. The molecule has 0 aliphatic carbocycles. The first-order valence-electron chi connectivity index (χ1n) is 7.89. The zero-order valence-corrected chi connectivity index (χ0v) is 13.2. The van der Waals surface area contributed by atoms with E-state index in [-0.39, 0.29) is 12.3 Å². The number of hydrogen-bond acceptors (Lipinski definition) is 3. The number of anilines is 1. The van der Waals surface area contributed by atoms with Gasteiger partial charge >= 0.3 is 0 Å². The molecule has 21 heavy (non-hydrogen) atoms. The van der Waals surface area contributed by atoms with Gasteiger partial charge in [0, 0.05) is 11.7 Å². The van der Waals surface area contributed by atoms with Crippen LogP contribution >= 0.6 is 0 Å². The molecular formula is C17H28N2O2. The number of primary amides is 1. The van der Waals surface area contributed by atoms with E-state index < -0.39 is 0 Å². The minimum atomic E-state index is -0.342. The van der Waals surface area contributed by atoms with E-state index in [9.17, 15) is 4.79 Å². The van der Waals surface area contributed by atoms with E-state index in [4.69, 9.17) is 10.5 Å². The number of carbonyl (C=O) groups is 1. The Hall–Kier alpha value is -1.71. The van der Waals surface area contributed by atoms with E-state index >= 15 is 0 Å². The number of nitrogens with one attached hydrogen (secondary N) is 1. The third-order valence-corrected chi connectivity index (χ3v) is 3.38. The van der Waals surface area contributed by atoms with Crippen LogP contribution in [-0.4, -0.2) is 18.6 Å². The molecule has 0 aliphatic rings. The van der Waals surface area contributed by atoms with E-state index in [2.05, 4.69) is 19.2 Å². The van der Waals surface area contributed by atoms with Gasteiger partial charge in [-0.25, -0.2) is 0 Å². The summed E-state index contributed by atoms with van der Waals surface area (Å²) in [5.74, 6) is 0.419. The van der Waals surface area contributed by atoms with Crippen molar-refractivity contribution in [2.75, 3.05) is 11.9 Å². The molecule has 1 atom stereocenters. The highest BCUT2D eigenvalue weighted by atomic mass is 16.5. The molecule has 0 saturated carbocycles. The molecule has 0 bridgehead atoms. The fourth-order valence-corrected chi connectivity index (χ4v) is 2.15. The number of carbonyl (C=O) groups excluding carboxylic acids is 1. The normalized spacial score (nSPS) is 11.9. The topological polar surface area (TPSA) is 64.3 Å². The number of benzene rings is 1. The molecule has 0 aliphatic heterocycles. The van der Waals surface area contributed by atoms with Crippen LogP contribution in [0.5, 0.6) is 5.75 Å². The molecule has 4 heteroatoms. The van der Waals surface area contributed by atoms with Crippen molar-refractivity contribution in [1.29, 1.82) is 0 Å². The predicted molar refractivity (Wildman–Crippen MR) is 87.6 cm³/mol. The Labute approximate surface area is 128 Å². The molecule has 1 amide bonds. The Balaban J connectivity index is 2.28. The highest BCUT2D eigenvalue weighted by Gasteiger charge is 2.02. The van der Waals surface area contributed by atoms with Gasteiger partial charge in [0.15, 0.2) is 0 Å². The van der Waals surface area contributed by atoms with Crippen molar-refractivity contribution in [2.45, 2.75) is 58.4 Å². The van der Waals surface area contributed by atoms with Gasteiger partial charge < -0.3 is 15.8 Å². The van der Waals surface area contributed by atoms with E-state index in [0.29, 0.717) is 12.6 Å². The summed E-state index contributed by atoms with van der Waals surface area (Å²) in [6, 6.07) is 8.30. The van der Waals surface area contributed by atoms with Crippen LogP contribution in [0.25, 0.3) is 0 Å². The molecule has 0 heterocycles. The molecule has 3 N–H and O–H groups in total. The second kappa shape index (κ2) is 10.1. The van der Waals surface area contributed by atoms with Crippen molar-refractivity contribution < 1.29 is 9.53 Å². The average molecular weight is 292 g/mol. The molecule has 1 unspecified atom stereocenters. The summed E-state index contributed by atoms with van der Waals surface area (Å²) in [6.45, 7) is 4.77. The number of amides is 1. The van der Waals surface area contributed by atoms with Gasteiger partial charge in [-0.15, -0.1) is 0 Å². The summed E-state index contributed by atoms with van der Waals surface area (Å²) in [5, 5.41) is 3.49. The van der Waals surface area contributed by atoms with Crippen molar-refractivity contribution >= 4 is 11.6 Å². The third kappa shape index (κ3) is 8.23. The smallest absolute Gasteiger partial charge is 0.220 e. The number of hydrogen-bond donors (Lipinski definition) is 2. The summed E-state index contributed by atoms with van der Waals surface area (Å²) in [5.41, 5.74) is 6.16. The van der Waals surface area contributed by atoms with Crippen LogP contribution in [0.4, 0.5) is 5.69 Å². The highest BCUT2D eigenvalue weighted by Crippen LogP contribution is 2.17. The molecule has 0 spiro atoms. The largest absolute Gasteiger partial charge is 0.493 e. The van der Waals surface area contributed by atoms with Crippen LogP contribution in [0.3, 0.4) is 0 Å². The van der Waals surface area contributed by atoms with E-state index in [1.165, 1.54) is 32.1 Å². The molecule has 118 valence electrons. The molecule has 4 nitrogen and oxygen atoms in total. The minimum Gasteiger partial charge on any atom is -0.493 e. The quantitative estimate of drug-likeness (QED) is 0.611. The Bertz CT molecular complexity index is 404. The molecule has 0 saturated heterocycles. The number of ether oxygens (including phenoxy) is 1. The molecule has 0 aromatic heterocycles. The van der Waals surface area contributed by atoms with Gasteiger partial charge in [-0.1, -0.05) is 32.6 Å². The van der Waals surface area contributed by atoms with Crippen molar-refractivity contribution in [3.05, 3.63) is 24.3 Å². The second-order valence-corrected chi connectivity index (χ2v) is 5.48. The van der Waals surface area contributed by atoms with Gasteiger partial charge in [0.25, 0.3) is 0 Å². The van der Waals surface area contributed by atoms with Crippen molar-refractivity contribution in [3.8, 4) is 5.75 Å². The molecule has 1 aromatic carbocycles. The Morgan fingerprint density at radius 3 is 2.57 bits per heavy atom.